The number of rotatable bonds is 1. The van der Waals surface area contributed by atoms with Crippen LogP contribution in [-0.4, -0.2) is 10.1 Å². The molecule has 0 radical (unpaired) electrons. The summed E-state index contributed by atoms with van der Waals surface area (Å²) in [5.41, 5.74) is 0.574. The molecule has 0 spiro atoms. The quantitative estimate of drug-likeness (QED) is 0.583. The summed E-state index contributed by atoms with van der Waals surface area (Å²) in [5.74, 6) is 0. The third-order valence-corrected chi connectivity index (χ3v) is 0.879. The van der Waals surface area contributed by atoms with Crippen LogP contribution in [0.25, 0.3) is 0 Å². The van der Waals surface area contributed by atoms with Crippen molar-refractivity contribution in [1.82, 2.24) is 4.98 Å². The van der Waals surface area contributed by atoms with Crippen molar-refractivity contribution in [1.29, 1.82) is 0 Å². The lowest BCUT2D eigenvalue weighted by Crippen LogP contribution is -1.88. The summed E-state index contributed by atoms with van der Waals surface area (Å²) < 4.78 is 4.60. The van der Waals surface area contributed by atoms with E-state index < -0.39 is 6.10 Å². The highest BCUT2D eigenvalue weighted by Crippen LogP contribution is 2.06. The van der Waals surface area contributed by atoms with Gasteiger partial charge in [-0.05, 0) is 6.92 Å². The van der Waals surface area contributed by atoms with Gasteiger partial charge in [0.2, 0.25) is 0 Å². The normalized spacial score (nSPS) is 13.8. The van der Waals surface area contributed by atoms with Crippen molar-refractivity contribution in [3.63, 3.8) is 0 Å². The summed E-state index contributed by atoms with van der Waals surface area (Å²) in [7, 11) is 0. The molecule has 0 bridgehead atoms. The molecule has 8 heavy (non-hydrogen) atoms. The van der Waals surface area contributed by atoms with Crippen LogP contribution in [0.15, 0.2) is 17.1 Å². The van der Waals surface area contributed by atoms with E-state index in [4.69, 9.17) is 5.11 Å². The fraction of sp³-hybridized carbons (Fsp3) is 0.400. The van der Waals surface area contributed by atoms with Crippen LogP contribution in [0.4, 0.5) is 0 Å². The first kappa shape index (κ1) is 5.31. The zero-order valence-electron chi connectivity index (χ0n) is 4.53. The van der Waals surface area contributed by atoms with Gasteiger partial charge in [-0.3, -0.25) is 0 Å². The number of nitrogens with zero attached hydrogens (tertiary/aromatic N) is 1. The summed E-state index contributed by atoms with van der Waals surface area (Å²) in [5, 5.41) is 8.79. The van der Waals surface area contributed by atoms with E-state index in [0.717, 1.165) is 0 Å². The smallest absolute Gasteiger partial charge is 0.180 e. The van der Waals surface area contributed by atoms with Crippen molar-refractivity contribution < 1.29 is 9.52 Å². The second-order valence-corrected chi connectivity index (χ2v) is 1.59. The third kappa shape index (κ3) is 0.869. The molecule has 1 aromatic rings. The maximum Gasteiger partial charge on any atom is 0.180 e. The molecule has 1 atom stereocenters. The minimum atomic E-state index is -0.520. The Balaban J connectivity index is 2.77. The fourth-order valence-electron chi connectivity index (χ4n) is 0.428. The van der Waals surface area contributed by atoms with Gasteiger partial charge in [-0.25, -0.2) is 4.98 Å². The molecule has 0 saturated carbocycles. The molecule has 0 amide bonds. The van der Waals surface area contributed by atoms with Crippen molar-refractivity contribution in [3.05, 3.63) is 18.4 Å². The molecule has 0 aliphatic rings. The summed E-state index contributed by atoms with van der Waals surface area (Å²) in [6.07, 6.45) is 2.20. The van der Waals surface area contributed by atoms with E-state index in [1.807, 2.05) is 0 Å². The molecule has 1 unspecified atom stereocenters. The Kier molecular flexibility index (Phi) is 1.30. The monoisotopic (exact) mass is 113 g/mol. The van der Waals surface area contributed by atoms with Crippen LogP contribution < -0.4 is 0 Å². The first-order valence-corrected chi connectivity index (χ1v) is 2.37. The molecule has 0 aromatic carbocycles. The van der Waals surface area contributed by atoms with Crippen LogP contribution in [0.1, 0.15) is 18.7 Å². The van der Waals surface area contributed by atoms with Crippen LogP contribution in [0, 0.1) is 0 Å². The Labute approximate surface area is 47.0 Å². The first-order valence-electron chi connectivity index (χ1n) is 2.37. The van der Waals surface area contributed by atoms with Crippen LogP contribution in [-0.2, 0) is 0 Å². The van der Waals surface area contributed by atoms with Crippen LogP contribution in [0.3, 0.4) is 0 Å². The SMILES string of the molecule is CC(O)c1cocn1. The Hall–Kier alpha value is -0.830. The second kappa shape index (κ2) is 1.96. The molecule has 1 aromatic heterocycles. The number of aromatic nitrogens is 1. The molecule has 3 nitrogen and oxygen atoms in total. The van der Waals surface area contributed by atoms with Gasteiger partial charge in [-0.15, -0.1) is 0 Å². The molecule has 0 aliphatic heterocycles. The first-order chi connectivity index (χ1) is 3.80. The molecule has 0 fully saturated rings. The summed E-state index contributed by atoms with van der Waals surface area (Å²) in [4.78, 5) is 3.70. The van der Waals surface area contributed by atoms with Gasteiger partial charge < -0.3 is 9.52 Å². The highest BCUT2D eigenvalue weighted by Gasteiger charge is 2.00. The standard InChI is InChI=1S/C5H7NO2/c1-4(7)5-2-8-3-6-5/h2-4,7H,1H3. The number of hydrogen-bond acceptors (Lipinski definition) is 3. The van der Waals surface area contributed by atoms with Crippen LogP contribution in [0.5, 0.6) is 0 Å². The van der Waals surface area contributed by atoms with Crippen LogP contribution >= 0.6 is 0 Å². The number of hydrogen-bond donors (Lipinski definition) is 1. The van der Waals surface area contributed by atoms with E-state index in [2.05, 4.69) is 9.40 Å². The lowest BCUT2D eigenvalue weighted by molar-refractivity contribution is 0.194. The average Bonchev–Trinajstić information content (AvgIpc) is 2.12. The maximum absolute atomic E-state index is 8.79. The Morgan fingerprint density at radius 2 is 2.62 bits per heavy atom. The predicted molar refractivity (Wildman–Crippen MR) is 27.1 cm³/mol. The van der Waals surface area contributed by atoms with E-state index in [9.17, 15) is 0 Å². The fourth-order valence-corrected chi connectivity index (χ4v) is 0.428. The van der Waals surface area contributed by atoms with Gasteiger partial charge >= 0.3 is 0 Å². The summed E-state index contributed by atoms with van der Waals surface area (Å²) in [6, 6.07) is 0. The summed E-state index contributed by atoms with van der Waals surface area (Å²) >= 11 is 0. The van der Waals surface area contributed by atoms with Gasteiger partial charge in [0.05, 0.1) is 6.10 Å². The lowest BCUT2D eigenvalue weighted by atomic mass is 10.3. The maximum atomic E-state index is 8.79. The number of oxazole rings is 1. The Morgan fingerprint density at radius 3 is 2.88 bits per heavy atom. The number of aliphatic hydroxyl groups excluding tert-OH is 1. The van der Waals surface area contributed by atoms with E-state index in [0.29, 0.717) is 5.69 Å². The zero-order chi connectivity index (χ0) is 5.98. The molecule has 0 saturated heterocycles. The number of aliphatic hydroxyl groups is 1. The highest BCUT2D eigenvalue weighted by atomic mass is 16.3. The van der Waals surface area contributed by atoms with Gasteiger partial charge in [-0.1, -0.05) is 0 Å². The average molecular weight is 113 g/mol. The molecule has 0 aliphatic carbocycles. The van der Waals surface area contributed by atoms with Crippen LogP contribution in [0.2, 0.25) is 0 Å². The molecule has 3 heteroatoms. The molecular formula is C5H7NO2. The molecule has 1 heterocycles. The Morgan fingerprint density at radius 1 is 1.88 bits per heavy atom. The second-order valence-electron chi connectivity index (χ2n) is 1.59. The van der Waals surface area contributed by atoms with Crippen molar-refractivity contribution in [3.8, 4) is 0 Å². The molecule has 1 N–H and O–H groups in total. The van der Waals surface area contributed by atoms with Crippen molar-refractivity contribution in [2.75, 3.05) is 0 Å². The van der Waals surface area contributed by atoms with Gasteiger partial charge in [0.1, 0.15) is 12.0 Å². The lowest BCUT2D eigenvalue weighted by Gasteiger charge is -1.92. The largest absolute Gasteiger partial charge is 0.451 e. The Bertz CT molecular complexity index is 145. The minimum Gasteiger partial charge on any atom is -0.451 e. The van der Waals surface area contributed by atoms with Gasteiger partial charge in [0.25, 0.3) is 0 Å². The van der Waals surface area contributed by atoms with Gasteiger partial charge in [0.15, 0.2) is 6.39 Å². The molecular weight excluding hydrogens is 106 g/mol. The zero-order valence-corrected chi connectivity index (χ0v) is 4.53. The minimum absolute atomic E-state index is 0.520. The molecule has 44 valence electrons. The van der Waals surface area contributed by atoms with E-state index in [1.165, 1.54) is 12.7 Å². The van der Waals surface area contributed by atoms with Gasteiger partial charge in [0, 0.05) is 0 Å². The van der Waals surface area contributed by atoms with E-state index in [1.54, 1.807) is 6.92 Å². The summed E-state index contributed by atoms with van der Waals surface area (Å²) in [6.45, 7) is 1.64. The van der Waals surface area contributed by atoms with Crippen molar-refractivity contribution >= 4 is 0 Å². The van der Waals surface area contributed by atoms with E-state index in [-0.39, 0.29) is 0 Å². The third-order valence-electron chi connectivity index (χ3n) is 0.879. The topological polar surface area (TPSA) is 46.3 Å². The van der Waals surface area contributed by atoms with Crippen molar-refractivity contribution in [2.45, 2.75) is 13.0 Å². The van der Waals surface area contributed by atoms with Gasteiger partial charge in [-0.2, -0.15) is 0 Å². The highest BCUT2D eigenvalue weighted by molar-refractivity contribution is 4.93. The predicted octanol–water partition coefficient (Wildman–Crippen LogP) is 0.728. The molecule has 1 rings (SSSR count). The van der Waals surface area contributed by atoms with E-state index >= 15 is 0 Å². The van der Waals surface area contributed by atoms with Crippen molar-refractivity contribution in [2.24, 2.45) is 0 Å².